The van der Waals surface area contributed by atoms with Crippen LogP contribution in [0.25, 0.3) is 0 Å². The van der Waals surface area contributed by atoms with E-state index in [2.05, 4.69) is 20.8 Å². The average molecular weight is 148 g/mol. The lowest BCUT2D eigenvalue weighted by Crippen LogP contribution is -2.62. The van der Waals surface area contributed by atoms with Crippen LogP contribution < -0.4 is 0 Å². The Bertz CT molecular complexity index is 168. The summed E-state index contributed by atoms with van der Waals surface area (Å²) in [5.74, 6) is 3.21. The summed E-state index contributed by atoms with van der Waals surface area (Å²) in [5, 5.41) is 0. The molecule has 0 aliphatic heterocycles. The summed E-state index contributed by atoms with van der Waals surface area (Å²) in [6.07, 6.45) is 2.83. The number of rotatable bonds is 1. The van der Waals surface area contributed by atoms with Crippen LogP contribution in [0.15, 0.2) is 0 Å². The Kier molecular flexibility index (Phi) is 1.44. The summed E-state index contributed by atoms with van der Waals surface area (Å²) in [5.41, 5.74) is 0.569. The van der Waals surface area contributed by atoms with Crippen molar-refractivity contribution in [3.63, 3.8) is 0 Å². The Morgan fingerprint density at radius 3 is 2.27 bits per heavy atom. The maximum atomic E-state index is 6.03. The molecule has 2 rings (SSSR count). The van der Waals surface area contributed by atoms with Crippen molar-refractivity contribution in [3.8, 4) is 0 Å². The number of fused-ring (bicyclic) bond motifs is 1. The van der Waals surface area contributed by atoms with Crippen LogP contribution in [0.2, 0.25) is 5.82 Å². The van der Waals surface area contributed by atoms with E-state index in [1.807, 2.05) is 0 Å². The topological polar surface area (TPSA) is 0 Å². The van der Waals surface area contributed by atoms with Crippen LogP contribution in [0.5, 0.6) is 0 Å². The van der Waals surface area contributed by atoms with Crippen molar-refractivity contribution in [2.75, 3.05) is 0 Å². The van der Waals surface area contributed by atoms with Gasteiger partial charge in [-0.2, -0.15) is 0 Å². The zero-order valence-corrected chi connectivity index (χ0v) is 7.80. The van der Waals surface area contributed by atoms with Crippen molar-refractivity contribution in [2.24, 2.45) is 23.2 Å². The minimum absolute atomic E-state index is 0.424. The fourth-order valence-electron chi connectivity index (χ4n) is 3.66. The molecular formula is C10H17B. The molecule has 0 amide bonds. The Morgan fingerprint density at radius 1 is 1.45 bits per heavy atom. The van der Waals surface area contributed by atoms with Crippen molar-refractivity contribution >= 4 is 7.85 Å². The molecule has 0 nitrogen and oxygen atoms in total. The molecule has 5 atom stereocenters. The largest absolute Gasteiger partial charge is 0.0741 e. The van der Waals surface area contributed by atoms with Gasteiger partial charge < -0.3 is 0 Å². The van der Waals surface area contributed by atoms with Gasteiger partial charge in [-0.05, 0) is 36.0 Å². The van der Waals surface area contributed by atoms with Gasteiger partial charge >= 0.3 is 0 Å². The first-order valence-corrected chi connectivity index (χ1v) is 4.86. The first-order chi connectivity index (χ1) is 5.10. The number of hydrogen-bond acceptors (Lipinski definition) is 0. The summed E-state index contributed by atoms with van der Waals surface area (Å²) < 4.78 is 0. The molecule has 0 spiro atoms. The molecule has 0 aromatic heterocycles. The Hall–Kier alpha value is 0.0649. The minimum Gasteiger partial charge on any atom is -0.0741 e. The molecule has 0 heterocycles. The minimum atomic E-state index is 0.424. The van der Waals surface area contributed by atoms with E-state index in [0.29, 0.717) is 11.2 Å². The van der Waals surface area contributed by atoms with Gasteiger partial charge in [0.15, 0.2) is 0 Å². The van der Waals surface area contributed by atoms with Crippen molar-refractivity contribution in [1.82, 2.24) is 0 Å². The van der Waals surface area contributed by atoms with E-state index in [1.165, 1.54) is 12.8 Å². The van der Waals surface area contributed by atoms with E-state index >= 15 is 0 Å². The van der Waals surface area contributed by atoms with Gasteiger partial charge in [0.05, 0.1) is 7.85 Å². The summed E-state index contributed by atoms with van der Waals surface area (Å²) in [4.78, 5) is 0. The van der Waals surface area contributed by atoms with E-state index in [4.69, 9.17) is 7.85 Å². The highest BCUT2D eigenvalue weighted by Gasteiger charge is 2.63. The molecule has 2 aliphatic rings. The lowest BCUT2D eigenvalue weighted by molar-refractivity contribution is -0.187. The van der Waals surface area contributed by atoms with Gasteiger partial charge in [0, 0.05) is 0 Å². The molecule has 11 heavy (non-hydrogen) atoms. The predicted octanol–water partition coefficient (Wildman–Crippen LogP) is 2.65. The van der Waals surface area contributed by atoms with Crippen LogP contribution in [-0.4, -0.2) is 7.85 Å². The third kappa shape index (κ3) is 0.637. The van der Waals surface area contributed by atoms with Gasteiger partial charge in [0.2, 0.25) is 0 Å². The van der Waals surface area contributed by atoms with Gasteiger partial charge in [-0.25, -0.2) is 0 Å². The van der Waals surface area contributed by atoms with Gasteiger partial charge in [-0.15, -0.1) is 0 Å². The van der Waals surface area contributed by atoms with Crippen LogP contribution in [0.3, 0.4) is 0 Å². The van der Waals surface area contributed by atoms with E-state index < -0.39 is 0 Å². The fourth-order valence-corrected chi connectivity index (χ4v) is 3.66. The Balaban J connectivity index is 2.16. The normalized spacial score (nSPS) is 57.2. The molecule has 2 aliphatic carbocycles. The third-order valence-corrected chi connectivity index (χ3v) is 4.70. The van der Waals surface area contributed by atoms with Crippen LogP contribution in [-0.2, 0) is 0 Å². The molecule has 0 bridgehead atoms. The maximum Gasteiger partial charge on any atom is 0.0703 e. The molecule has 2 saturated carbocycles. The zero-order chi connectivity index (χ0) is 8.22. The smallest absolute Gasteiger partial charge is 0.0703 e. The molecule has 0 aromatic rings. The highest BCUT2D eigenvalue weighted by atomic mass is 14.7. The third-order valence-electron chi connectivity index (χ3n) is 4.70. The van der Waals surface area contributed by atoms with Gasteiger partial charge in [0.1, 0.15) is 0 Å². The second kappa shape index (κ2) is 2.05. The van der Waals surface area contributed by atoms with E-state index in [0.717, 1.165) is 17.8 Å². The van der Waals surface area contributed by atoms with Crippen molar-refractivity contribution in [2.45, 2.75) is 39.4 Å². The average Bonchev–Trinajstić information content (AvgIpc) is 1.85. The molecule has 1 heteroatoms. The van der Waals surface area contributed by atoms with Crippen LogP contribution in [0, 0.1) is 23.2 Å². The summed E-state index contributed by atoms with van der Waals surface area (Å²) in [6, 6.07) is 0. The van der Waals surface area contributed by atoms with Gasteiger partial charge in [0.25, 0.3) is 0 Å². The monoisotopic (exact) mass is 148 g/mol. The van der Waals surface area contributed by atoms with E-state index in [1.54, 1.807) is 0 Å². The Labute approximate surface area is 71.2 Å². The summed E-state index contributed by atoms with van der Waals surface area (Å²) >= 11 is 0. The molecular weight excluding hydrogens is 131 g/mol. The molecule has 60 valence electrons. The molecule has 0 aromatic carbocycles. The molecule has 0 N–H and O–H groups in total. The number of hydrogen-bond donors (Lipinski definition) is 0. The Morgan fingerprint density at radius 2 is 2.09 bits per heavy atom. The molecule has 2 fully saturated rings. The van der Waals surface area contributed by atoms with E-state index in [-0.39, 0.29) is 0 Å². The van der Waals surface area contributed by atoms with Crippen molar-refractivity contribution in [3.05, 3.63) is 0 Å². The van der Waals surface area contributed by atoms with Crippen LogP contribution >= 0.6 is 0 Å². The predicted molar refractivity (Wildman–Crippen MR) is 48.7 cm³/mol. The SMILES string of the molecule is [B]C(C)C12CCC1C(C)C2C. The molecule has 5 unspecified atom stereocenters. The second-order valence-corrected chi connectivity index (χ2v) is 4.69. The highest BCUT2D eigenvalue weighted by molar-refractivity contribution is 6.12. The van der Waals surface area contributed by atoms with Crippen molar-refractivity contribution < 1.29 is 0 Å². The zero-order valence-electron chi connectivity index (χ0n) is 7.80. The van der Waals surface area contributed by atoms with Gasteiger partial charge in [-0.3, -0.25) is 0 Å². The summed E-state index contributed by atoms with van der Waals surface area (Å²) in [6.45, 7) is 6.95. The lowest BCUT2D eigenvalue weighted by atomic mass is 9.32. The standard InChI is InChI=1S/C10H17B/c1-6-7(2)10(8(3)11)5-4-9(6)10/h6-9H,4-5H2,1-3H3. The highest BCUT2D eigenvalue weighted by Crippen LogP contribution is 2.71. The van der Waals surface area contributed by atoms with E-state index in [9.17, 15) is 0 Å². The quantitative estimate of drug-likeness (QED) is 0.501. The lowest BCUT2D eigenvalue weighted by Gasteiger charge is -2.70. The van der Waals surface area contributed by atoms with Gasteiger partial charge in [-0.1, -0.05) is 26.6 Å². The summed E-state index contributed by atoms with van der Waals surface area (Å²) in [7, 11) is 6.03. The van der Waals surface area contributed by atoms with Crippen LogP contribution in [0.4, 0.5) is 0 Å². The van der Waals surface area contributed by atoms with Crippen LogP contribution in [0.1, 0.15) is 33.6 Å². The molecule has 2 radical (unpaired) electrons. The fraction of sp³-hybridized carbons (Fsp3) is 1.00. The molecule has 0 saturated heterocycles. The first-order valence-electron chi connectivity index (χ1n) is 4.86. The maximum absolute atomic E-state index is 6.03. The first kappa shape index (κ1) is 7.70. The second-order valence-electron chi connectivity index (χ2n) is 4.69. The van der Waals surface area contributed by atoms with Crippen molar-refractivity contribution in [1.29, 1.82) is 0 Å².